The lowest BCUT2D eigenvalue weighted by Gasteiger charge is -2.02. The number of aryl methyl sites for hydroxylation is 1. The summed E-state index contributed by atoms with van der Waals surface area (Å²) in [7, 11) is 0. The van der Waals surface area contributed by atoms with Crippen molar-refractivity contribution in [3.8, 4) is 5.88 Å². The molecule has 5 nitrogen and oxygen atoms in total. The smallest absolute Gasteiger partial charge is 0.213 e. The number of ether oxygens (including phenoxy) is 1. The van der Waals surface area contributed by atoms with Gasteiger partial charge in [-0.2, -0.15) is 5.10 Å². The van der Waals surface area contributed by atoms with E-state index in [4.69, 9.17) is 10.5 Å². The fraction of sp³-hybridized carbons (Fsp3) is 0.273. The Bertz CT molecular complexity index is 449. The molecule has 0 bridgehead atoms. The monoisotopic (exact) mass is 218 g/mol. The van der Waals surface area contributed by atoms with Crippen LogP contribution >= 0.6 is 0 Å². The molecule has 0 saturated carbocycles. The molecular formula is C11H14N4O. The van der Waals surface area contributed by atoms with Crippen molar-refractivity contribution in [2.75, 3.05) is 5.73 Å². The molecule has 0 aromatic carbocycles. The van der Waals surface area contributed by atoms with Crippen molar-refractivity contribution >= 4 is 5.69 Å². The van der Waals surface area contributed by atoms with E-state index in [0.717, 1.165) is 12.1 Å². The van der Waals surface area contributed by atoms with Crippen LogP contribution in [0.5, 0.6) is 5.88 Å². The number of pyridine rings is 1. The molecule has 2 rings (SSSR count). The minimum absolute atomic E-state index is 0.469. The van der Waals surface area contributed by atoms with Gasteiger partial charge in [-0.3, -0.25) is 4.68 Å². The molecule has 2 aromatic heterocycles. The van der Waals surface area contributed by atoms with Crippen molar-refractivity contribution < 1.29 is 4.74 Å². The average Bonchev–Trinajstić information content (AvgIpc) is 2.76. The van der Waals surface area contributed by atoms with Crippen molar-refractivity contribution in [3.63, 3.8) is 0 Å². The molecule has 84 valence electrons. The van der Waals surface area contributed by atoms with Crippen LogP contribution in [0.25, 0.3) is 0 Å². The molecule has 2 heterocycles. The predicted molar refractivity (Wildman–Crippen MR) is 60.9 cm³/mol. The Morgan fingerprint density at radius 3 is 2.88 bits per heavy atom. The normalized spacial score (nSPS) is 10.3. The molecule has 16 heavy (non-hydrogen) atoms. The van der Waals surface area contributed by atoms with Gasteiger partial charge in [-0.05, 0) is 13.0 Å². The highest BCUT2D eigenvalue weighted by Gasteiger charge is 1.99. The Morgan fingerprint density at radius 1 is 1.38 bits per heavy atom. The van der Waals surface area contributed by atoms with Crippen molar-refractivity contribution in [1.29, 1.82) is 0 Å². The van der Waals surface area contributed by atoms with Gasteiger partial charge in [0, 0.05) is 24.4 Å². The molecule has 0 amide bonds. The van der Waals surface area contributed by atoms with Gasteiger partial charge < -0.3 is 10.5 Å². The van der Waals surface area contributed by atoms with E-state index in [1.54, 1.807) is 24.5 Å². The number of nitrogens with two attached hydrogens (primary N) is 1. The summed E-state index contributed by atoms with van der Waals surface area (Å²) < 4.78 is 7.34. The minimum Gasteiger partial charge on any atom is -0.473 e. The average molecular weight is 218 g/mol. The van der Waals surface area contributed by atoms with E-state index < -0.39 is 0 Å². The maximum absolute atomic E-state index is 5.52. The van der Waals surface area contributed by atoms with Crippen LogP contribution in [0.2, 0.25) is 0 Å². The second-order valence-corrected chi connectivity index (χ2v) is 3.42. The van der Waals surface area contributed by atoms with Gasteiger partial charge in [0.2, 0.25) is 5.88 Å². The van der Waals surface area contributed by atoms with Crippen molar-refractivity contribution in [1.82, 2.24) is 14.8 Å². The van der Waals surface area contributed by atoms with Crippen molar-refractivity contribution in [2.24, 2.45) is 0 Å². The first-order valence-electron chi connectivity index (χ1n) is 5.13. The zero-order valence-electron chi connectivity index (χ0n) is 9.13. The van der Waals surface area contributed by atoms with Crippen LogP contribution in [-0.2, 0) is 13.2 Å². The minimum atomic E-state index is 0.469. The molecule has 0 saturated heterocycles. The molecule has 0 unspecified atom stereocenters. The molecule has 0 atom stereocenters. The number of hydrogen-bond acceptors (Lipinski definition) is 4. The molecule has 0 spiro atoms. The van der Waals surface area contributed by atoms with Gasteiger partial charge in [-0.1, -0.05) is 0 Å². The van der Waals surface area contributed by atoms with Crippen LogP contribution in [0.1, 0.15) is 12.5 Å². The fourth-order valence-corrected chi connectivity index (χ4v) is 1.29. The zero-order valence-corrected chi connectivity index (χ0v) is 9.13. The molecule has 5 heteroatoms. The highest BCUT2D eigenvalue weighted by atomic mass is 16.5. The number of nitrogen functional groups attached to an aromatic ring is 1. The molecule has 2 N–H and O–H groups in total. The predicted octanol–water partition coefficient (Wildman–Crippen LogP) is 1.46. The number of rotatable bonds is 4. The van der Waals surface area contributed by atoms with Gasteiger partial charge in [-0.15, -0.1) is 0 Å². The summed E-state index contributed by atoms with van der Waals surface area (Å²) >= 11 is 0. The van der Waals surface area contributed by atoms with Gasteiger partial charge >= 0.3 is 0 Å². The third-order valence-electron chi connectivity index (χ3n) is 2.16. The van der Waals surface area contributed by atoms with Gasteiger partial charge in [0.25, 0.3) is 0 Å². The SMILES string of the molecule is CCn1cc(COc2ccc(N)cn2)cn1. The molecular weight excluding hydrogens is 204 g/mol. The van der Waals surface area contributed by atoms with Crippen molar-refractivity contribution in [2.45, 2.75) is 20.1 Å². The topological polar surface area (TPSA) is 66.0 Å². The Balaban J connectivity index is 1.94. The second-order valence-electron chi connectivity index (χ2n) is 3.42. The van der Waals surface area contributed by atoms with E-state index in [2.05, 4.69) is 10.1 Å². The summed E-state index contributed by atoms with van der Waals surface area (Å²) in [5.41, 5.74) is 7.18. The van der Waals surface area contributed by atoms with E-state index in [0.29, 0.717) is 18.2 Å². The summed E-state index contributed by atoms with van der Waals surface area (Å²) in [6.45, 7) is 3.37. The lowest BCUT2D eigenvalue weighted by molar-refractivity contribution is 0.294. The summed E-state index contributed by atoms with van der Waals surface area (Å²) in [6, 6.07) is 3.51. The summed E-state index contributed by atoms with van der Waals surface area (Å²) in [5.74, 6) is 0.568. The third-order valence-corrected chi connectivity index (χ3v) is 2.16. The van der Waals surface area contributed by atoms with E-state index >= 15 is 0 Å². The number of nitrogens with zero attached hydrogens (tertiary/aromatic N) is 3. The van der Waals surface area contributed by atoms with Crippen LogP contribution in [0.4, 0.5) is 5.69 Å². The lowest BCUT2D eigenvalue weighted by Crippen LogP contribution is -1.97. The number of hydrogen-bond donors (Lipinski definition) is 1. The summed E-state index contributed by atoms with van der Waals surface area (Å²) in [4.78, 5) is 4.05. The van der Waals surface area contributed by atoms with Crippen LogP contribution in [0, 0.1) is 0 Å². The maximum atomic E-state index is 5.52. The number of anilines is 1. The molecule has 0 fully saturated rings. The quantitative estimate of drug-likeness (QED) is 0.843. The lowest BCUT2D eigenvalue weighted by atomic mass is 10.4. The Labute approximate surface area is 93.9 Å². The van der Waals surface area contributed by atoms with Gasteiger partial charge in [0.05, 0.1) is 18.1 Å². The molecule has 0 radical (unpaired) electrons. The fourth-order valence-electron chi connectivity index (χ4n) is 1.29. The highest BCUT2D eigenvalue weighted by Crippen LogP contribution is 2.10. The summed E-state index contributed by atoms with van der Waals surface area (Å²) in [5, 5.41) is 4.16. The Kier molecular flexibility index (Phi) is 3.05. The van der Waals surface area contributed by atoms with Crippen LogP contribution in [-0.4, -0.2) is 14.8 Å². The van der Waals surface area contributed by atoms with E-state index in [9.17, 15) is 0 Å². The largest absolute Gasteiger partial charge is 0.473 e. The molecule has 2 aromatic rings. The van der Waals surface area contributed by atoms with E-state index in [1.165, 1.54) is 0 Å². The zero-order chi connectivity index (χ0) is 11.4. The highest BCUT2D eigenvalue weighted by molar-refractivity contribution is 5.35. The van der Waals surface area contributed by atoms with Gasteiger partial charge in [0.1, 0.15) is 6.61 Å². The molecule has 0 aliphatic heterocycles. The van der Waals surface area contributed by atoms with Gasteiger partial charge in [0.15, 0.2) is 0 Å². The standard InChI is InChI=1S/C11H14N4O/c1-2-15-7-9(5-14-15)8-16-11-4-3-10(12)6-13-11/h3-7H,2,8,12H2,1H3. The van der Waals surface area contributed by atoms with Gasteiger partial charge in [-0.25, -0.2) is 4.98 Å². The van der Waals surface area contributed by atoms with Crippen LogP contribution < -0.4 is 10.5 Å². The maximum Gasteiger partial charge on any atom is 0.213 e. The van der Waals surface area contributed by atoms with Crippen LogP contribution in [0.3, 0.4) is 0 Å². The Hall–Kier alpha value is -2.04. The van der Waals surface area contributed by atoms with Crippen LogP contribution in [0.15, 0.2) is 30.7 Å². The first-order chi connectivity index (χ1) is 7.78. The first kappa shape index (κ1) is 10.5. The third kappa shape index (κ3) is 2.50. The summed E-state index contributed by atoms with van der Waals surface area (Å²) in [6.07, 6.45) is 5.32. The first-order valence-corrected chi connectivity index (χ1v) is 5.13. The Morgan fingerprint density at radius 2 is 2.25 bits per heavy atom. The second kappa shape index (κ2) is 4.65. The molecule has 0 aliphatic carbocycles. The number of aromatic nitrogens is 3. The van der Waals surface area contributed by atoms with E-state index in [1.807, 2.05) is 17.8 Å². The molecule has 0 aliphatic rings. The van der Waals surface area contributed by atoms with E-state index in [-0.39, 0.29) is 0 Å². The van der Waals surface area contributed by atoms with Crippen molar-refractivity contribution in [3.05, 3.63) is 36.3 Å².